The van der Waals surface area contributed by atoms with Gasteiger partial charge in [0.05, 0.1) is 24.2 Å². The van der Waals surface area contributed by atoms with Crippen LogP contribution in [0.2, 0.25) is 0 Å². The van der Waals surface area contributed by atoms with E-state index in [4.69, 9.17) is 28.6 Å². The van der Waals surface area contributed by atoms with E-state index in [0.717, 1.165) is 19.3 Å². The Kier molecular flexibility index (Phi) is 5.52. The highest BCUT2D eigenvalue weighted by Crippen LogP contribution is 2.32. The molecule has 3 aliphatic rings. The van der Waals surface area contributed by atoms with Crippen LogP contribution in [0.1, 0.15) is 19.3 Å². The Hall–Kier alpha value is -0.750. The van der Waals surface area contributed by atoms with E-state index in [0.29, 0.717) is 36.3 Å². The molecule has 0 amide bonds. The summed E-state index contributed by atoms with van der Waals surface area (Å²) in [4.78, 5) is 2.48. The molecule has 1 aliphatic heterocycles. The van der Waals surface area contributed by atoms with Gasteiger partial charge in [-0.2, -0.15) is 0 Å². The second-order valence-electron chi connectivity index (χ2n) is 6.17. The molecule has 3 atom stereocenters. The summed E-state index contributed by atoms with van der Waals surface area (Å²) in [5.74, 6) is -1.49. The van der Waals surface area contributed by atoms with E-state index in [1.165, 1.54) is 6.08 Å². The van der Waals surface area contributed by atoms with Crippen LogP contribution in [0, 0.1) is 5.92 Å². The summed E-state index contributed by atoms with van der Waals surface area (Å²) in [6.45, 7) is 2.14. The van der Waals surface area contributed by atoms with Crippen molar-refractivity contribution in [3.63, 3.8) is 0 Å². The van der Waals surface area contributed by atoms with E-state index in [9.17, 15) is 0 Å². The molecule has 2 aliphatic carbocycles. The maximum atomic E-state index is 15.8. The third-order valence-electron chi connectivity index (χ3n) is 4.61. The van der Waals surface area contributed by atoms with Crippen molar-refractivity contribution in [3.05, 3.63) is 35.4 Å². The van der Waals surface area contributed by atoms with Crippen molar-refractivity contribution >= 4 is 28.8 Å². The molecule has 3 rings (SSSR count). The summed E-state index contributed by atoms with van der Waals surface area (Å²) >= 11 is 11.6. The van der Waals surface area contributed by atoms with Gasteiger partial charge in [0.1, 0.15) is 0 Å². The van der Waals surface area contributed by atoms with Crippen molar-refractivity contribution in [2.24, 2.45) is 5.92 Å². The first kappa shape index (κ1) is 17.1. The number of rotatable bonds is 3. The average molecular weight is 357 g/mol. The molecule has 0 saturated carbocycles. The zero-order chi connectivity index (χ0) is 16.3. The zero-order valence-electron chi connectivity index (χ0n) is 13.0. The van der Waals surface area contributed by atoms with Crippen LogP contribution in [0.25, 0.3) is 0 Å². The molecule has 0 aromatic carbocycles. The highest BCUT2D eigenvalue weighted by Gasteiger charge is 2.44. The SMILES string of the molecule is FC1(N2CCOCC2)C=C(Cl)C=CC1NC(=S)C1C=CCCC1. The Labute approximate surface area is 147 Å². The molecule has 3 nitrogen and oxygen atoms in total. The third-order valence-corrected chi connectivity index (χ3v) is 5.26. The quantitative estimate of drug-likeness (QED) is 0.476. The highest BCUT2D eigenvalue weighted by atomic mass is 35.5. The second-order valence-corrected chi connectivity index (χ2v) is 7.04. The van der Waals surface area contributed by atoms with Gasteiger partial charge in [-0.3, -0.25) is 4.90 Å². The predicted octanol–water partition coefficient (Wildman–Crippen LogP) is 3.32. The maximum Gasteiger partial charge on any atom is 0.208 e. The molecule has 1 N–H and O–H groups in total. The van der Waals surface area contributed by atoms with Gasteiger partial charge in [-0.15, -0.1) is 0 Å². The van der Waals surface area contributed by atoms with Gasteiger partial charge in [0, 0.05) is 24.0 Å². The molecular weight excluding hydrogens is 335 g/mol. The summed E-state index contributed by atoms with van der Waals surface area (Å²) in [6, 6.07) is -0.536. The van der Waals surface area contributed by atoms with Gasteiger partial charge < -0.3 is 10.1 Å². The van der Waals surface area contributed by atoms with E-state index < -0.39 is 11.8 Å². The lowest BCUT2D eigenvalue weighted by Gasteiger charge is -2.43. The van der Waals surface area contributed by atoms with Gasteiger partial charge in [0.15, 0.2) is 0 Å². The maximum absolute atomic E-state index is 15.8. The summed E-state index contributed by atoms with van der Waals surface area (Å²) in [7, 11) is 0. The van der Waals surface area contributed by atoms with Gasteiger partial charge in [-0.05, 0) is 31.4 Å². The molecule has 126 valence electrons. The Bertz CT molecular complexity index is 545. The summed E-state index contributed by atoms with van der Waals surface area (Å²) in [5.41, 5.74) is 0. The first-order chi connectivity index (χ1) is 11.1. The monoisotopic (exact) mass is 356 g/mol. The number of nitrogens with one attached hydrogen (secondary N) is 1. The summed E-state index contributed by atoms with van der Waals surface area (Å²) in [5, 5.41) is 3.65. The fourth-order valence-corrected chi connectivity index (χ4v) is 3.84. The topological polar surface area (TPSA) is 24.5 Å². The molecule has 0 bridgehead atoms. The lowest BCUT2D eigenvalue weighted by molar-refractivity contribution is -0.0694. The minimum Gasteiger partial charge on any atom is -0.379 e. The van der Waals surface area contributed by atoms with Crippen LogP contribution in [-0.4, -0.2) is 48.0 Å². The molecule has 0 aromatic heterocycles. The van der Waals surface area contributed by atoms with Crippen LogP contribution in [0.3, 0.4) is 0 Å². The molecule has 23 heavy (non-hydrogen) atoms. The fourth-order valence-electron chi connectivity index (χ4n) is 3.29. The molecule has 0 radical (unpaired) electrons. The van der Waals surface area contributed by atoms with Gasteiger partial charge >= 0.3 is 0 Å². The van der Waals surface area contributed by atoms with Crippen molar-refractivity contribution in [2.45, 2.75) is 31.1 Å². The number of thiocarbonyl (C=S) groups is 1. The zero-order valence-corrected chi connectivity index (χ0v) is 14.6. The van der Waals surface area contributed by atoms with E-state index >= 15 is 4.39 Å². The second kappa shape index (κ2) is 7.43. The summed E-state index contributed by atoms with van der Waals surface area (Å²) < 4.78 is 21.2. The highest BCUT2D eigenvalue weighted by molar-refractivity contribution is 7.80. The fraction of sp³-hybridized carbons (Fsp3) is 0.588. The Morgan fingerprint density at radius 2 is 2.17 bits per heavy atom. The number of halogens is 2. The molecule has 0 spiro atoms. The van der Waals surface area contributed by atoms with Gasteiger partial charge in [-0.1, -0.05) is 42.0 Å². The van der Waals surface area contributed by atoms with Gasteiger partial charge in [-0.25, -0.2) is 4.39 Å². The number of alkyl halides is 1. The molecule has 0 aromatic rings. The Morgan fingerprint density at radius 1 is 1.39 bits per heavy atom. The van der Waals surface area contributed by atoms with E-state index in [-0.39, 0.29) is 5.92 Å². The lowest BCUT2D eigenvalue weighted by atomic mass is 9.93. The van der Waals surface area contributed by atoms with E-state index in [1.807, 2.05) is 0 Å². The number of hydrogen-bond acceptors (Lipinski definition) is 3. The molecule has 3 unspecified atom stereocenters. The average Bonchev–Trinajstić information content (AvgIpc) is 2.59. The van der Waals surface area contributed by atoms with Crippen molar-refractivity contribution in [2.75, 3.05) is 26.3 Å². The van der Waals surface area contributed by atoms with Crippen molar-refractivity contribution < 1.29 is 9.13 Å². The van der Waals surface area contributed by atoms with Crippen LogP contribution >= 0.6 is 23.8 Å². The molecular formula is C17H22ClFN2OS. The van der Waals surface area contributed by atoms with Crippen LogP contribution in [0.15, 0.2) is 35.4 Å². The van der Waals surface area contributed by atoms with Gasteiger partial charge in [0.2, 0.25) is 5.79 Å². The van der Waals surface area contributed by atoms with Crippen LogP contribution in [-0.2, 0) is 4.74 Å². The molecule has 6 heteroatoms. The number of morpholine rings is 1. The predicted molar refractivity (Wildman–Crippen MR) is 95.3 cm³/mol. The first-order valence-corrected chi connectivity index (χ1v) is 8.93. The smallest absolute Gasteiger partial charge is 0.208 e. The van der Waals surface area contributed by atoms with Crippen molar-refractivity contribution in [1.29, 1.82) is 0 Å². The van der Waals surface area contributed by atoms with Crippen molar-refractivity contribution in [1.82, 2.24) is 10.2 Å². The standard InChI is InChI=1S/C17H22ClFN2OS/c18-14-6-7-15(20-16(23)13-4-2-1-3-5-13)17(19,12-14)21-8-10-22-11-9-21/h2,4,6-7,12-13,15H,1,3,5,8-11H2,(H,20,23). The molecule has 1 heterocycles. The van der Waals surface area contributed by atoms with Crippen LogP contribution in [0.4, 0.5) is 4.39 Å². The summed E-state index contributed by atoms with van der Waals surface area (Å²) in [6.07, 6.45) is 12.5. The molecule has 1 fully saturated rings. The number of nitrogens with zero attached hydrogens (tertiary/aromatic N) is 1. The van der Waals surface area contributed by atoms with Gasteiger partial charge in [0.25, 0.3) is 0 Å². The minimum absolute atomic E-state index is 0.197. The number of hydrogen-bond donors (Lipinski definition) is 1. The van der Waals surface area contributed by atoms with Crippen LogP contribution < -0.4 is 5.32 Å². The lowest BCUT2D eigenvalue weighted by Crippen LogP contribution is -2.61. The third kappa shape index (κ3) is 3.85. The van der Waals surface area contributed by atoms with E-state index in [2.05, 4.69) is 17.5 Å². The Morgan fingerprint density at radius 3 is 2.87 bits per heavy atom. The van der Waals surface area contributed by atoms with Crippen molar-refractivity contribution in [3.8, 4) is 0 Å². The number of ether oxygens (including phenoxy) is 1. The minimum atomic E-state index is -1.68. The molecule has 1 saturated heterocycles. The normalized spacial score (nSPS) is 35.0. The van der Waals surface area contributed by atoms with E-state index in [1.54, 1.807) is 17.1 Å². The first-order valence-electron chi connectivity index (χ1n) is 8.15. The number of allylic oxidation sites excluding steroid dienone is 3. The largest absolute Gasteiger partial charge is 0.379 e. The van der Waals surface area contributed by atoms with Crippen LogP contribution in [0.5, 0.6) is 0 Å². The Balaban J connectivity index is 1.75.